The normalized spacial score (nSPS) is 10.3. The largest absolute Gasteiger partial charge is 0.294 e. The van der Waals surface area contributed by atoms with Crippen molar-refractivity contribution >= 4 is 11.5 Å². The van der Waals surface area contributed by atoms with Crippen LogP contribution in [0.3, 0.4) is 0 Å². The van der Waals surface area contributed by atoms with Crippen molar-refractivity contribution in [1.29, 1.82) is 0 Å². The van der Waals surface area contributed by atoms with E-state index in [0.717, 1.165) is 0 Å². The van der Waals surface area contributed by atoms with E-state index in [1.54, 1.807) is 12.1 Å². The minimum atomic E-state index is -0.520. The van der Waals surface area contributed by atoms with Crippen molar-refractivity contribution in [2.45, 2.75) is 20.3 Å². The highest BCUT2D eigenvalue weighted by Crippen LogP contribution is 2.20. The highest BCUT2D eigenvalue weighted by Gasteiger charge is 2.19. The average Bonchev–Trinajstić information content (AvgIpc) is 2.16. The molecule has 0 aromatic heterocycles. The SMILES string of the molecule is CC(C)CC(=O)c1ccccc1[N+](=O)[O-]. The Bertz CT molecular complexity index is 385. The number of hydrogen-bond acceptors (Lipinski definition) is 3. The summed E-state index contributed by atoms with van der Waals surface area (Å²) in [6, 6.07) is 6.06. The monoisotopic (exact) mass is 207 g/mol. The molecule has 0 heterocycles. The zero-order valence-electron chi connectivity index (χ0n) is 8.77. The van der Waals surface area contributed by atoms with Crippen LogP contribution in [0.2, 0.25) is 0 Å². The van der Waals surface area contributed by atoms with Gasteiger partial charge in [0.15, 0.2) is 5.78 Å². The third-order valence-corrected chi connectivity index (χ3v) is 1.99. The van der Waals surface area contributed by atoms with Gasteiger partial charge in [-0.2, -0.15) is 0 Å². The molecule has 0 radical (unpaired) electrons. The van der Waals surface area contributed by atoms with Gasteiger partial charge in [0.1, 0.15) is 0 Å². The molecule has 0 saturated carbocycles. The second-order valence-electron chi connectivity index (χ2n) is 3.80. The fourth-order valence-corrected chi connectivity index (χ4v) is 1.35. The highest BCUT2D eigenvalue weighted by molar-refractivity contribution is 5.99. The molecule has 0 spiro atoms. The van der Waals surface area contributed by atoms with E-state index < -0.39 is 4.92 Å². The maximum absolute atomic E-state index is 11.7. The zero-order chi connectivity index (χ0) is 11.4. The number of para-hydroxylation sites is 1. The van der Waals surface area contributed by atoms with E-state index in [4.69, 9.17) is 0 Å². The van der Waals surface area contributed by atoms with E-state index >= 15 is 0 Å². The first-order chi connectivity index (χ1) is 7.02. The average molecular weight is 207 g/mol. The number of benzene rings is 1. The summed E-state index contributed by atoms with van der Waals surface area (Å²) < 4.78 is 0. The third-order valence-electron chi connectivity index (χ3n) is 1.99. The number of nitro benzene ring substituents is 1. The Kier molecular flexibility index (Phi) is 3.55. The van der Waals surface area contributed by atoms with Crippen LogP contribution < -0.4 is 0 Å². The van der Waals surface area contributed by atoms with Crippen LogP contribution in [-0.2, 0) is 0 Å². The number of hydrogen-bond donors (Lipinski definition) is 0. The summed E-state index contributed by atoms with van der Waals surface area (Å²) >= 11 is 0. The number of rotatable bonds is 4. The van der Waals surface area contributed by atoms with Gasteiger partial charge in [-0.25, -0.2) is 0 Å². The molecular formula is C11H13NO3. The fraction of sp³-hybridized carbons (Fsp3) is 0.364. The van der Waals surface area contributed by atoms with E-state index in [1.807, 2.05) is 13.8 Å². The maximum atomic E-state index is 11.7. The summed E-state index contributed by atoms with van der Waals surface area (Å²) in [4.78, 5) is 21.8. The lowest BCUT2D eigenvalue weighted by atomic mass is 10.00. The lowest BCUT2D eigenvalue weighted by Gasteiger charge is -2.04. The Morgan fingerprint density at radius 2 is 2.00 bits per heavy atom. The van der Waals surface area contributed by atoms with E-state index in [9.17, 15) is 14.9 Å². The number of ketones is 1. The van der Waals surface area contributed by atoms with Crippen LogP contribution in [0.25, 0.3) is 0 Å². The van der Waals surface area contributed by atoms with Gasteiger partial charge >= 0.3 is 0 Å². The molecule has 4 nitrogen and oxygen atoms in total. The molecule has 1 aromatic rings. The standard InChI is InChI=1S/C11H13NO3/c1-8(2)7-11(13)9-5-3-4-6-10(9)12(14)15/h3-6,8H,7H2,1-2H3. The van der Waals surface area contributed by atoms with Gasteiger partial charge in [-0.1, -0.05) is 26.0 Å². The predicted octanol–water partition coefficient (Wildman–Crippen LogP) is 2.82. The lowest BCUT2D eigenvalue weighted by Crippen LogP contribution is -2.06. The molecule has 80 valence electrons. The van der Waals surface area contributed by atoms with Crippen molar-refractivity contribution in [1.82, 2.24) is 0 Å². The smallest absolute Gasteiger partial charge is 0.280 e. The molecule has 1 rings (SSSR count). The van der Waals surface area contributed by atoms with Crippen LogP contribution >= 0.6 is 0 Å². The van der Waals surface area contributed by atoms with Crippen LogP contribution in [0.15, 0.2) is 24.3 Å². The summed E-state index contributed by atoms with van der Waals surface area (Å²) in [6.07, 6.45) is 0.338. The summed E-state index contributed by atoms with van der Waals surface area (Å²) in [5.74, 6) is 0.0367. The molecule has 0 aliphatic rings. The number of carbonyl (C=O) groups excluding carboxylic acids is 1. The third kappa shape index (κ3) is 2.87. The first-order valence-electron chi connectivity index (χ1n) is 4.79. The number of nitro groups is 1. The first-order valence-corrected chi connectivity index (χ1v) is 4.79. The number of nitrogens with zero attached hydrogens (tertiary/aromatic N) is 1. The van der Waals surface area contributed by atoms with Crippen molar-refractivity contribution in [3.8, 4) is 0 Å². The predicted molar refractivity (Wildman–Crippen MR) is 56.9 cm³/mol. The van der Waals surface area contributed by atoms with Gasteiger partial charge in [0, 0.05) is 12.5 Å². The van der Waals surface area contributed by atoms with Crippen molar-refractivity contribution in [2.24, 2.45) is 5.92 Å². The van der Waals surface area contributed by atoms with Crippen LogP contribution in [-0.4, -0.2) is 10.7 Å². The zero-order valence-corrected chi connectivity index (χ0v) is 8.77. The van der Waals surface area contributed by atoms with Crippen molar-refractivity contribution in [3.05, 3.63) is 39.9 Å². The van der Waals surface area contributed by atoms with Gasteiger partial charge in [-0.05, 0) is 12.0 Å². The van der Waals surface area contributed by atoms with Gasteiger partial charge in [0.2, 0.25) is 0 Å². The second-order valence-corrected chi connectivity index (χ2v) is 3.80. The quantitative estimate of drug-likeness (QED) is 0.433. The molecule has 1 aromatic carbocycles. The molecular weight excluding hydrogens is 194 g/mol. The topological polar surface area (TPSA) is 60.2 Å². The number of Topliss-reactive ketones (excluding diaryl/α,β-unsaturated/α-hetero) is 1. The van der Waals surface area contributed by atoms with Crippen molar-refractivity contribution < 1.29 is 9.72 Å². The van der Waals surface area contributed by atoms with E-state index in [2.05, 4.69) is 0 Å². The first kappa shape index (κ1) is 11.4. The van der Waals surface area contributed by atoms with Gasteiger partial charge in [-0.15, -0.1) is 0 Å². The summed E-state index contributed by atoms with van der Waals surface area (Å²) in [5.41, 5.74) is 0.0966. The van der Waals surface area contributed by atoms with Gasteiger partial charge in [0.25, 0.3) is 5.69 Å². The van der Waals surface area contributed by atoms with Crippen LogP contribution in [0, 0.1) is 16.0 Å². The summed E-state index contributed by atoms with van der Waals surface area (Å²) in [6.45, 7) is 3.82. The van der Waals surface area contributed by atoms with Gasteiger partial charge in [0.05, 0.1) is 10.5 Å². The van der Waals surface area contributed by atoms with Crippen molar-refractivity contribution in [2.75, 3.05) is 0 Å². The van der Waals surface area contributed by atoms with Crippen molar-refractivity contribution in [3.63, 3.8) is 0 Å². The molecule has 0 amide bonds. The Hall–Kier alpha value is -1.71. The Morgan fingerprint density at radius 1 is 1.40 bits per heavy atom. The fourth-order valence-electron chi connectivity index (χ4n) is 1.35. The molecule has 4 heteroatoms. The lowest BCUT2D eigenvalue weighted by molar-refractivity contribution is -0.385. The maximum Gasteiger partial charge on any atom is 0.280 e. The minimum Gasteiger partial charge on any atom is -0.294 e. The Morgan fingerprint density at radius 3 is 2.53 bits per heavy atom. The second kappa shape index (κ2) is 4.68. The Labute approximate surface area is 88.1 Å². The van der Waals surface area contributed by atoms with Gasteiger partial charge in [-0.3, -0.25) is 14.9 Å². The Balaban J connectivity index is 3.03. The van der Waals surface area contributed by atoms with Crippen LogP contribution in [0.1, 0.15) is 30.6 Å². The van der Waals surface area contributed by atoms with E-state index in [1.165, 1.54) is 12.1 Å². The molecule has 0 N–H and O–H groups in total. The van der Waals surface area contributed by atoms with Crippen LogP contribution in [0.5, 0.6) is 0 Å². The van der Waals surface area contributed by atoms with Gasteiger partial charge < -0.3 is 0 Å². The molecule has 0 atom stereocenters. The molecule has 0 unspecified atom stereocenters. The summed E-state index contributed by atoms with van der Waals surface area (Å²) in [7, 11) is 0. The molecule has 0 bridgehead atoms. The van der Waals surface area contributed by atoms with Crippen LogP contribution in [0.4, 0.5) is 5.69 Å². The summed E-state index contributed by atoms with van der Waals surface area (Å²) in [5, 5.41) is 10.7. The minimum absolute atomic E-state index is 0.108. The molecule has 15 heavy (non-hydrogen) atoms. The molecule has 0 aliphatic heterocycles. The highest BCUT2D eigenvalue weighted by atomic mass is 16.6. The number of carbonyl (C=O) groups is 1. The van der Waals surface area contributed by atoms with E-state index in [0.29, 0.717) is 6.42 Å². The van der Waals surface area contributed by atoms with E-state index in [-0.39, 0.29) is 23.0 Å². The molecule has 0 saturated heterocycles. The molecule has 0 fully saturated rings. The molecule has 0 aliphatic carbocycles.